The Hall–Kier alpha value is -3.18. The second-order valence-corrected chi connectivity index (χ2v) is 6.75. The number of aliphatic hydroxyl groups is 1. The first-order chi connectivity index (χ1) is 13.7. The Balaban J connectivity index is 1.57. The zero-order valence-corrected chi connectivity index (χ0v) is 16.1. The van der Waals surface area contributed by atoms with Crippen LogP contribution in [0.5, 0.6) is 11.5 Å². The Morgan fingerprint density at radius 1 is 0.893 bits per heavy atom. The summed E-state index contributed by atoms with van der Waals surface area (Å²) in [4.78, 5) is 0. The Labute approximate surface area is 164 Å². The van der Waals surface area contributed by atoms with Crippen LogP contribution in [0.1, 0.15) is 0 Å². The fourth-order valence-corrected chi connectivity index (χ4v) is 3.66. The number of nitrogens with zero attached hydrogens (tertiary/aromatic N) is 1. The second-order valence-electron chi connectivity index (χ2n) is 6.75. The molecule has 144 valence electrons. The minimum absolute atomic E-state index is 0.393. The first-order valence-electron chi connectivity index (χ1n) is 9.31. The lowest BCUT2D eigenvalue weighted by molar-refractivity contribution is 0.169. The van der Waals surface area contributed by atoms with E-state index in [-0.39, 0.29) is 0 Å². The first-order valence-corrected chi connectivity index (χ1v) is 9.31. The lowest BCUT2D eigenvalue weighted by Crippen LogP contribution is -2.25. The lowest BCUT2D eigenvalue weighted by Gasteiger charge is -2.17. The topological polar surface area (TPSA) is 55.6 Å². The Morgan fingerprint density at radius 2 is 1.54 bits per heavy atom. The molecule has 0 aliphatic heterocycles. The van der Waals surface area contributed by atoms with Gasteiger partial charge in [-0.05, 0) is 24.3 Å². The number of nitrogens with one attached hydrogen (secondary N) is 1. The van der Waals surface area contributed by atoms with Crippen LogP contribution in [-0.2, 0) is 6.54 Å². The average Bonchev–Trinajstić information content (AvgIpc) is 3.06. The molecule has 0 saturated carbocycles. The molecular formula is C23H24N2O3. The van der Waals surface area contributed by atoms with Gasteiger partial charge in [0.2, 0.25) is 0 Å². The molecule has 1 heterocycles. The number of para-hydroxylation sites is 2. The van der Waals surface area contributed by atoms with E-state index in [0.717, 1.165) is 22.5 Å². The third-order valence-electron chi connectivity index (χ3n) is 5.01. The summed E-state index contributed by atoms with van der Waals surface area (Å²) in [6, 6.07) is 22.2. The molecule has 2 N–H and O–H groups in total. The van der Waals surface area contributed by atoms with Gasteiger partial charge in [-0.3, -0.25) is 0 Å². The summed E-state index contributed by atoms with van der Waals surface area (Å²) in [6.07, 6.45) is -0.574. The van der Waals surface area contributed by atoms with Gasteiger partial charge in [-0.25, -0.2) is 0 Å². The van der Waals surface area contributed by atoms with Crippen LogP contribution < -0.4 is 14.8 Å². The fraction of sp³-hybridized carbons (Fsp3) is 0.217. The zero-order chi connectivity index (χ0) is 19.5. The van der Waals surface area contributed by atoms with Gasteiger partial charge in [-0.2, -0.15) is 0 Å². The van der Waals surface area contributed by atoms with E-state index in [1.165, 1.54) is 10.8 Å². The molecule has 0 fully saturated rings. The number of fused-ring (bicyclic) bond motifs is 3. The van der Waals surface area contributed by atoms with Gasteiger partial charge in [-0.15, -0.1) is 0 Å². The maximum atomic E-state index is 10.7. The standard InChI is InChI=1S/C23H24N2O3/c1-27-17-11-12-23(28-2)20(13-17)24-14-16(26)15-25-21-9-5-3-7-18(21)19-8-4-6-10-22(19)25/h3-13,16,24,26H,14-15H2,1-2H3/t16-/m0/s1. The van der Waals surface area contributed by atoms with Crippen LogP contribution in [0.15, 0.2) is 66.7 Å². The molecule has 0 unspecified atom stereocenters. The van der Waals surface area contributed by atoms with E-state index in [0.29, 0.717) is 18.8 Å². The van der Waals surface area contributed by atoms with E-state index in [4.69, 9.17) is 9.47 Å². The molecule has 0 spiro atoms. The van der Waals surface area contributed by atoms with Crippen LogP contribution in [0.4, 0.5) is 5.69 Å². The third-order valence-corrected chi connectivity index (χ3v) is 5.01. The SMILES string of the molecule is COc1ccc(OC)c(NC[C@H](O)Cn2c3ccccc3c3ccccc32)c1. The Bertz CT molecular complexity index is 1050. The van der Waals surface area contributed by atoms with Gasteiger partial charge >= 0.3 is 0 Å². The predicted octanol–water partition coefficient (Wildman–Crippen LogP) is 4.28. The van der Waals surface area contributed by atoms with Crippen LogP contribution in [0.3, 0.4) is 0 Å². The quantitative estimate of drug-likeness (QED) is 0.505. The number of benzene rings is 3. The van der Waals surface area contributed by atoms with Crippen molar-refractivity contribution in [1.29, 1.82) is 0 Å². The molecular weight excluding hydrogens is 352 g/mol. The Kier molecular flexibility index (Phi) is 5.08. The molecule has 0 saturated heterocycles. The molecule has 28 heavy (non-hydrogen) atoms. The monoisotopic (exact) mass is 376 g/mol. The minimum atomic E-state index is -0.574. The molecule has 5 nitrogen and oxygen atoms in total. The van der Waals surface area contributed by atoms with Gasteiger partial charge in [-0.1, -0.05) is 36.4 Å². The number of ether oxygens (including phenoxy) is 2. The first kappa shape index (κ1) is 18.2. The molecule has 1 atom stereocenters. The van der Waals surface area contributed by atoms with Crippen LogP contribution in [0.25, 0.3) is 21.8 Å². The van der Waals surface area contributed by atoms with Crippen molar-refractivity contribution >= 4 is 27.5 Å². The van der Waals surface area contributed by atoms with Gasteiger partial charge in [0.1, 0.15) is 11.5 Å². The van der Waals surface area contributed by atoms with Crippen molar-refractivity contribution in [2.24, 2.45) is 0 Å². The van der Waals surface area contributed by atoms with E-state index in [9.17, 15) is 5.11 Å². The van der Waals surface area contributed by atoms with E-state index < -0.39 is 6.10 Å². The molecule has 0 aliphatic rings. The zero-order valence-electron chi connectivity index (χ0n) is 16.1. The van der Waals surface area contributed by atoms with Gasteiger partial charge < -0.3 is 24.5 Å². The van der Waals surface area contributed by atoms with Crippen molar-refractivity contribution in [3.63, 3.8) is 0 Å². The van der Waals surface area contributed by atoms with Gasteiger partial charge in [0.15, 0.2) is 0 Å². The van der Waals surface area contributed by atoms with E-state index in [2.05, 4.69) is 34.1 Å². The molecule has 0 bridgehead atoms. The lowest BCUT2D eigenvalue weighted by atomic mass is 10.2. The van der Waals surface area contributed by atoms with Gasteiger partial charge in [0, 0.05) is 34.4 Å². The summed E-state index contributed by atoms with van der Waals surface area (Å²) in [5, 5.41) is 16.4. The highest BCUT2D eigenvalue weighted by Gasteiger charge is 2.14. The summed E-state index contributed by atoms with van der Waals surface area (Å²) >= 11 is 0. The highest BCUT2D eigenvalue weighted by molar-refractivity contribution is 6.07. The van der Waals surface area contributed by atoms with Crippen LogP contribution in [-0.4, -0.2) is 36.5 Å². The van der Waals surface area contributed by atoms with Crippen molar-refractivity contribution in [3.05, 3.63) is 66.7 Å². The summed E-state index contributed by atoms with van der Waals surface area (Å²) < 4.78 is 12.9. The van der Waals surface area contributed by atoms with E-state index in [1.54, 1.807) is 14.2 Å². The third kappa shape index (κ3) is 3.37. The number of hydrogen-bond donors (Lipinski definition) is 2. The van der Waals surface area contributed by atoms with Gasteiger partial charge in [0.05, 0.1) is 32.6 Å². The number of methoxy groups -OCH3 is 2. The number of anilines is 1. The summed E-state index contributed by atoms with van der Waals surface area (Å²) in [5.74, 6) is 1.45. The van der Waals surface area contributed by atoms with E-state index in [1.807, 2.05) is 42.5 Å². The number of aliphatic hydroxyl groups excluding tert-OH is 1. The van der Waals surface area contributed by atoms with Crippen molar-refractivity contribution in [1.82, 2.24) is 4.57 Å². The summed E-state index contributed by atoms with van der Waals surface area (Å²) in [5.41, 5.74) is 3.05. The second kappa shape index (κ2) is 7.82. The van der Waals surface area contributed by atoms with Crippen molar-refractivity contribution in [2.45, 2.75) is 12.6 Å². The number of aromatic nitrogens is 1. The molecule has 0 radical (unpaired) electrons. The summed E-state index contributed by atoms with van der Waals surface area (Å²) in [6.45, 7) is 0.887. The predicted molar refractivity (Wildman–Crippen MR) is 113 cm³/mol. The largest absolute Gasteiger partial charge is 0.497 e. The molecule has 4 aromatic rings. The van der Waals surface area contributed by atoms with Crippen LogP contribution in [0.2, 0.25) is 0 Å². The van der Waals surface area contributed by atoms with Crippen molar-refractivity contribution in [2.75, 3.05) is 26.1 Å². The molecule has 5 heteroatoms. The van der Waals surface area contributed by atoms with E-state index >= 15 is 0 Å². The number of rotatable bonds is 7. The number of hydrogen-bond acceptors (Lipinski definition) is 4. The average molecular weight is 376 g/mol. The molecule has 0 aliphatic carbocycles. The fourth-order valence-electron chi connectivity index (χ4n) is 3.66. The molecule has 0 amide bonds. The normalized spacial score (nSPS) is 12.2. The van der Waals surface area contributed by atoms with Crippen molar-refractivity contribution in [3.8, 4) is 11.5 Å². The minimum Gasteiger partial charge on any atom is -0.497 e. The summed E-state index contributed by atoms with van der Waals surface area (Å²) in [7, 11) is 3.25. The maximum Gasteiger partial charge on any atom is 0.142 e. The van der Waals surface area contributed by atoms with Crippen LogP contribution >= 0.6 is 0 Å². The molecule has 1 aromatic heterocycles. The molecule has 3 aromatic carbocycles. The van der Waals surface area contributed by atoms with Gasteiger partial charge in [0.25, 0.3) is 0 Å². The Morgan fingerprint density at radius 3 is 2.14 bits per heavy atom. The molecule has 4 rings (SSSR count). The van der Waals surface area contributed by atoms with Crippen molar-refractivity contribution < 1.29 is 14.6 Å². The van der Waals surface area contributed by atoms with Crippen LogP contribution in [0, 0.1) is 0 Å². The smallest absolute Gasteiger partial charge is 0.142 e. The maximum absolute atomic E-state index is 10.7. The highest BCUT2D eigenvalue weighted by Crippen LogP contribution is 2.30. The highest BCUT2D eigenvalue weighted by atomic mass is 16.5.